The van der Waals surface area contributed by atoms with Gasteiger partial charge in [-0.05, 0) is 47.8 Å². The van der Waals surface area contributed by atoms with E-state index in [1.807, 2.05) is 22.2 Å². The molecule has 2 aromatic carbocycles. The first-order chi connectivity index (χ1) is 15.1. The van der Waals surface area contributed by atoms with Gasteiger partial charge in [-0.15, -0.1) is 11.3 Å². The number of methoxy groups -OCH3 is 1. The zero-order chi connectivity index (χ0) is 21.6. The van der Waals surface area contributed by atoms with Crippen molar-refractivity contribution in [1.82, 2.24) is 4.98 Å². The number of hydrogen-bond acceptors (Lipinski definition) is 7. The van der Waals surface area contributed by atoms with E-state index in [0.29, 0.717) is 28.4 Å². The summed E-state index contributed by atoms with van der Waals surface area (Å²) in [5, 5.41) is 9.57. The number of nitrogens with one attached hydrogen (secondary N) is 1. The maximum absolute atomic E-state index is 12.5. The number of thiophene rings is 1. The molecule has 2 aromatic heterocycles. The Labute approximate surface area is 187 Å². The van der Waals surface area contributed by atoms with E-state index in [1.54, 1.807) is 59.9 Å². The van der Waals surface area contributed by atoms with Gasteiger partial charge in [0.25, 0.3) is 5.91 Å². The second-order valence-corrected chi connectivity index (χ2v) is 8.12. The van der Waals surface area contributed by atoms with Crippen LogP contribution in [0.2, 0.25) is 0 Å². The quantitative estimate of drug-likeness (QED) is 0.306. The number of anilines is 1. The normalized spacial score (nSPS) is 10.5. The molecule has 1 amide bonds. The number of rotatable bonds is 7. The summed E-state index contributed by atoms with van der Waals surface area (Å²) < 4.78 is 10.6. The van der Waals surface area contributed by atoms with Crippen molar-refractivity contribution >= 4 is 40.2 Å². The maximum atomic E-state index is 12.5. The minimum Gasteiger partial charge on any atom is -0.496 e. The molecule has 4 rings (SSSR count). The van der Waals surface area contributed by atoms with Crippen LogP contribution in [-0.4, -0.2) is 24.0 Å². The van der Waals surface area contributed by atoms with Crippen molar-refractivity contribution in [2.45, 2.75) is 6.42 Å². The number of hydrogen-bond donors (Lipinski definition) is 1. The van der Waals surface area contributed by atoms with Crippen LogP contribution in [0.1, 0.15) is 16.1 Å². The Hall–Kier alpha value is -3.49. The largest absolute Gasteiger partial charge is 0.496 e. The van der Waals surface area contributed by atoms with Crippen LogP contribution in [0.15, 0.2) is 70.7 Å². The molecule has 0 saturated heterocycles. The Morgan fingerprint density at radius 1 is 1.03 bits per heavy atom. The van der Waals surface area contributed by atoms with Gasteiger partial charge in [0.1, 0.15) is 16.5 Å². The summed E-state index contributed by atoms with van der Waals surface area (Å²) in [5.41, 5.74) is 2.75. The molecule has 0 aliphatic heterocycles. The highest BCUT2D eigenvalue weighted by Gasteiger charge is 2.13. The molecule has 2 heterocycles. The van der Waals surface area contributed by atoms with E-state index < -0.39 is 5.97 Å². The summed E-state index contributed by atoms with van der Waals surface area (Å²) in [4.78, 5) is 29.2. The maximum Gasteiger partial charge on any atom is 0.317 e. The van der Waals surface area contributed by atoms with Crippen molar-refractivity contribution < 1.29 is 19.1 Å². The fourth-order valence-electron chi connectivity index (χ4n) is 2.86. The van der Waals surface area contributed by atoms with E-state index >= 15 is 0 Å². The topological polar surface area (TPSA) is 77.5 Å². The molecule has 0 aliphatic carbocycles. The van der Waals surface area contributed by atoms with Gasteiger partial charge < -0.3 is 14.8 Å². The van der Waals surface area contributed by atoms with E-state index in [2.05, 4.69) is 10.3 Å². The lowest BCUT2D eigenvalue weighted by molar-refractivity contribution is -0.133. The number of ether oxygens (including phenoxy) is 2. The average Bonchev–Trinajstić information content (AvgIpc) is 3.47. The van der Waals surface area contributed by atoms with Crippen LogP contribution in [0.5, 0.6) is 11.5 Å². The lowest BCUT2D eigenvalue weighted by atomic mass is 10.2. The molecule has 0 saturated carbocycles. The van der Waals surface area contributed by atoms with Crippen LogP contribution in [0.3, 0.4) is 0 Å². The highest BCUT2D eigenvalue weighted by Crippen LogP contribution is 2.26. The molecular weight excluding hydrogens is 432 g/mol. The molecule has 0 bridgehead atoms. The summed E-state index contributed by atoms with van der Waals surface area (Å²) in [5.74, 6) is 0.212. The fraction of sp³-hybridized carbons (Fsp3) is 0.0870. The molecule has 6 nitrogen and oxygen atoms in total. The number of carbonyl (C=O) groups excluding carboxylic acids is 2. The summed E-state index contributed by atoms with van der Waals surface area (Å²) in [6.45, 7) is 0. The fourth-order valence-corrected chi connectivity index (χ4v) is 4.39. The van der Waals surface area contributed by atoms with E-state index in [1.165, 1.54) is 18.4 Å². The molecule has 0 unspecified atom stereocenters. The third-order valence-electron chi connectivity index (χ3n) is 4.34. The molecule has 4 aromatic rings. The number of thiazole rings is 1. The van der Waals surface area contributed by atoms with Crippen molar-refractivity contribution in [3.63, 3.8) is 0 Å². The van der Waals surface area contributed by atoms with Gasteiger partial charge in [0, 0.05) is 22.0 Å². The summed E-state index contributed by atoms with van der Waals surface area (Å²) in [7, 11) is 1.52. The van der Waals surface area contributed by atoms with Gasteiger partial charge in [0.2, 0.25) is 0 Å². The zero-order valence-electron chi connectivity index (χ0n) is 16.5. The standard InChI is InChI=1S/C23H18N2O4S2/c1-28-20-5-3-2-4-19(20)22(27)24-16-6-8-18(9-7-16)29-21(26)12-17-14-31-23(25-17)15-10-11-30-13-15/h2-11,13-14H,12H2,1H3,(H,24,27). The molecule has 0 fully saturated rings. The Balaban J connectivity index is 1.34. The third kappa shape index (κ3) is 5.17. The van der Waals surface area contributed by atoms with Gasteiger partial charge in [0.05, 0.1) is 24.8 Å². The molecule has 0 aliphatic rings. The van der Waals surface area contributed by atoms with E-state index in [-0.39, 0.29) is 12.3 Å². The molecule has 0 atom stereocenters. The molecule has 1 N–H and O–H groups in total. The van der Waals surface area contributed by atoms with E-state index in [4.69, 9.17) is 9.47 Å². The zero-order valence-corrected chi connectivity index (χ0v) is 18.2. The van der Waals surface area contributed by atoms with Crippen molar-refractivity contribution in [2.24, 2.45) is 0 Å². The first kappa shape index (κ1) is 20.8. The van der Waals surface area contributed by atoms with Gasteiger partial charge >= 0.3 is 5.97 Å². The van der Waals surface area contributed by atoms with Crippen molar-refractivity contribution in [2.75, 3.05) is 12.4 Å². The Morgan fingerprint density at radius 3 is 2.58 bits per heavy atom. The average molecular weight is 451 g/mol. The number of nitrogens with zero attached hydrogens (tertiary/aromatic N) is 1. The van der Waals surface area contributed by atoms with E-state index in [9.17, 15) is 9.59 Å². The van der Waals surface area contributed by atoms with Crippen LogP contribution >= 0.6 is 22.7 Å². The van der Waals surface area contributed by atoms with Gasteiger partial charge in [-0.2, -0.15) is 11.3 Å². The molecular formula is C23H18N2O4S2. The van der Waals surface area contributed by atoms with Crippen molar-refractivity contribution in [3.8, 4) is 22.1 Å². The highest BCUT2D eigenvalue weighted by molar-refractivity contribution is 7.14. The van der Waals surface area contributed by atoms with Crippen LogP contribution in [0.25, 0.3) is 10.6 Å². The molecule has 8 heteroatoms. The molecule has 0 spiro atoms. The van der Waals surface area contributed by atoms with Crippen LogP contribution < -0.4 is 14.8 Å². The van der Waals surface area contributed by atoms with Crippen LogP contribution in [0.4, 0.5) is 5.69 Å². The molecule has 31 heavy (non-hydrogen) atoms. The summed E-state index contributed by atoms with van der Waals surface area (Å²) in [6, 6.07) is 15.6. The second kappa shape index (κ2) is 9.55. The predicted molar refractivity (Wildman–Crippen MR) is 122 cm³/mol. The van der Waals surface area contributed by atoms with Crippen molar-refractivity contribution in [3.05, 3.63) is 82.0 Å². The lowest BCUT2D eigenvalue weighted by Gasteiger charge is -2.09. The number of amides is 1. The predicted octanol–water partition coefficient (Wildman–Crippen LogP) is 5.28. The third-order valence-corrected chi connectivity index (χ3v) is 5.96. The summed E-state index contributed by atoms with van der Waals surface area (Å²) in [6.07, 6.45) is 0.0902. The number of benzene rings is 2. The Morgan fingerprint density at radius 2 is 1.84 bits per heavy atom. The monoisotopic (exact) mass is 450 g/mol. The number of para-hydroxylation sites is 1. The van der Waals surface area contributed by atoms with Crippen LogP contribution in [0, 0.1) is 0 Å². The number of carbonyl (C=O) groups is 2. The highest BCUT2D eigenvalue weighted by atomic mass is 32.1. The summed E-state index contributed by atoms with van der Waals surface area (Å²) >= 11 is 3.11. The first-order valence-corrected chi connectivity index (χ1v) is 11.2. The lowest BCUT2D eigenvalue weighted by Crippen LogP contribution is -2.13. The van der Waals surface area contributed by atoms with Crippen molar-refractivity contribution in [1.29, 1.82) is 0 Å². The molecule has 0 radical (unpaired) electrons. The first-order valence-electron chi connectivity index (χ1n) is 9.34. The van der Waals surface area contributed by atoms with Gasteiger partial charge in [-0.25, -0.2) is 4.98 Å². The smallest absolute Gasteiger partial charge is 0.317 e. The van der Waals surface area contributed by atoms with Gasteiger partial charge in [-0.1, -0.05) is 12.1 Å². The van der Waals surface area contributed by atoms with E-state index in [0.717, 1.165) is 10.6 Å². The number of aromatic nitrogens is 1. The Bertz CT molecular complexity index is 1180. The second-order valence-electron chi connectivity index (χ2n) is 6.49. The van der Waals surface area contributed by atoms with Gasteiger partial charge in [-0.3, -0.25) is 9.59 Å². The van der Waals surface area contributed by atoms with Gasteiger partial charge in [0.15, 0.2) is 0 Å². The minimum absolute atomic E-state index is 0.0902. The van der Waals surface area contributed by atoms with Crippen LogP contribution in [-0.2, 0) is 11.2 Å². The Kier molecular flexibility index (Phi) is 6.40. The number of esters is 1. The minimum atomic E-state index is -0.395. The molecule has 156 valence electrons. The SMILES string of the molecule is COc1ccccc1C(=O)Nc1ccc(OC(=O)Cc2csc(-c3ccsc3)n2)cc1.